The largest absolute Gasteiger partial charge is 0.463 e. The lowest BCUT2D eigenvalue weighted by atomic mass is 10.0. The van der Waals surface area contributed by atoms with Crippen LogP contribution < -0.4 is 0 Å². The molecule has 2 nitrogen and oxygen atoms in total. The summed E-state index contributed by atoms with van der Waals surface area (Å²) in [5.41, 5.74) is 0. The molecule has 0 spiro atoms. The third-order valence-corrected chi connectivity index (χ3v) is 19.8. The highest BCUT2D eigenvalue weighted by molar-refractivity contribution is 5.81. The highest BCUT2D eigenvalue weighted by Gasteiger charge is 2.03. The van der Waals surface area contributed by atoms with Crippen molar-refractivity contribution in [3.8, 4) is 0 Å². The van der Waals surface area contributed by atoms with Gasteiger partial charge in [0.25, 0.3) is 0 Å². The standard InChI is InChI=1S/C83H164O2/c1-4-83(84)85-81-79-77-75-73-71-69-67-65-63-61-59-57-55-53-51-49-47-45-43-41-39-37-35-33-31-29-27-25-23-21-19-17-15-13-11-9-7-5-6-8-10-12-14-16-18-20-22-24-26-28-30-32-34-36-38-40-42-44-46-48-50-52-54-56-58-60-62-64-66-68-70-72-74-76-78-80-82(2)3/h4,82H,1,5-81H2,2-3H3. The summed E-state index contributed by atoms with van der Waals surface area (Å²) in [5, 5.41) is 0. The Hall–Kier alpha value is -0.790. The van der Waals surface area contributed by atoms with Crippen LogP contribution in [-0.2, 0) is 9.53 Å². The van der Waals surface area contributed by atoms with Gasteiger partial charge in [0.15, 0.2) is 0 Å². The normalized spacial score (nSPS) is 11.7. The summed E-state index contributed by atoms with van der Waals surface area (Å²) in [4.78, 5) is 11.0. The van der Waals surface area contributed by atoms with Crippen molar-refractivity contribution in [1.82, 2.24) is 0 Å². The Morgan fingerprint density at radius 3 is 0.424 bits per heavy atom. The number of esters is 1. The number of carbonyl (C=O) groups is 1. The quantitative estimate of drug-likeness (QED) is 0.0345. The molecule has 0 saturated carbocycles. The third kappa shape index (κ3) is 81.2. The molecule has 0 aliphatic rings. The number of unbranched alkanes of at least 4 members (excludes halogenated alkanes) is 74. The van der Waals surface area contributed by atoms with E-state index in [0.717, 1.165) is 12.3 Å². The molecule has 0 unspecified atom stereocenters. The number of carbonyl (C=O) groups excluding carboxylic acids is 1. The molecule has 0 atom stereocenters. The first-order chi connectivity index (χ1) is 42.2. The summed E-state index contributed by atoms with van der Waals surface area (Å²) in [6.07, 6.45) is 113. The first-order valence-corrected chi connectivity index (χ1v) is 41.0. The Labute approximate surface area is 539 Å². The van der Waals surface area contributed by atoms with Crippen LogP contribution in [-0.4, -0.2) is 12.6 Å². The minimum Gasteiger partial charge on any atom is -0.463 e. The average Bonchev–Trinajstić information content (AvgIpc) is 3.50. The molecule has 0 aromatic rings. The van der Waals surface area contributed by atoms with E-state index in [2.05, 4.69) is 20.4 Å². The molecule has 0 rings (SSSR count). The molecule has 0 radical (unpaired) electrons. The van der Waals surface area contributed by atoms with Crippen molar-refractivity contribution in [3.05, 3.63) is 12.7 Å². The number of hydrogen-bond donors (Lipinski definition) is 0. The van der Waals surface area contributed by atoms with Crippen molar-refractivity contribution in [2.75, 3.05) is 6.61 Å². The molecule has 0 fully saturated rings. The molecule has 2 heteroatoms. The summed E-state index contributed by atoms with van der Waals surface area (Å²) in [6, 6.07) is 0. The third-order valence-electron chi connectivity index (χ3n) is 19.8. The predicted octanol–water partition coefficient (Wildman–Crippen LogP) is 31.0. The predicted molar refractivity (Wildman–Crippen MR) is 387 cm³/mol. The molecule has 0 aromatic carbocycles. The molecule has 0 heterocycles. The molecule has 0 bridgehead atoms. The second-order valence-corrected chi connectivity index (χ2v) is 29.1. The smallest absolute Gasteiger partial charge is 0.330 e. The Bertz CT molecular complexity index is 1170. The molecule has 85 heavy (non-hydrogen) atoms. The van der Waals surface area contributed by atoms with Crippen molar-refractivity contribution in [2.45, 2.75) is 502 Å². The second-order valence-electron chi connectivity index (χ2n) is 29.1. The summed E-state index contributed by atoms with van der Waals surface area (Å²) < 4.78 is 5.03. The number of rotatable bonds is 79. The van der Waals surface area contributed by atoms with Crippen molar-refractivity contribution >= 4 is 5.97 Å². The van der Waals surface area contributed by atoms with E-state index < -0.39 is 0 Å². The number of ether oxygens (including phenoxy) is 1. The van der Waals surface area contributed by atoms with Crippen LogP contribution in [0.1, 0.15) is 502 Å². The highest BCUT2D eigenvalue weighted by atomic mass is 16.5. The van der Waals surface area contributed by atoms with E-state index in [9.17, 15) is 4.79 Å². The molecule has 508 valence electrons. The van der Waals surface area contributed by atoms with Crippen LogP contribution in [0.15, 0.2) is 12.7 Å². The van der Waals surface area contributed by atoms with Gasteiger partial charge in [-0.2, -0.15) is 0 Å². The SMILES string of the molecule is C=CC(=O)OCCCCCCCCCCCCCCCCCCCCCCCCCCCCCCCCCCCCCCCCCCCCCCCCCCCCCCCCCCCCCCCCCCCCCCCCCCCCCC(C)C. The van der Waals surface area contributed by atoms with Crippen molar-refractivity contribution in [3.63, 3.8) is 0 Å². The van der Waals surface area contributed by atoms with Crippen LogP contribution in [0, 0.1) is 5.92 Å². The molecule has 0 saturated heterocycles. The van der Waals surface area contributed by atoms with Gasteiger partial charge in [-0.3, -0.25) is 0 Å². The topological polar surface area (TPSA) is 26.3 Å². The van der Waals surface area contributed by atoms with Crippen molar-refractivity contribution < 1.29 is 9.53 Å². The van der Waals surface area contributed by atoms with Gasteiger partial charge in [0.05, 0.1) is 6.61 Å². The minimum absolute atomic E-state index is 0.293. The number of hydrogen-bond acceptors (Lipinski definition) is 2. The molecular formula is C83H164O2. The second kappa shape index (κ2) is 79.3. The zero-order chi connectivity index (χ0) is 61.0. The maximum absolute atomic E-state index is 11.0. The highest BCUT2D eigenvalue weighted by Crippen LogP contribution is 2.22. The van der Waals surface area contributed by atoms with Crippen LogP contribution in [0.25, 0.3) is 0 Å². The fraction of sp³-hybridized carbons (Fsp3) is 0.964. The van der Waals surface area contributed by atoms with E-state index >= 15 is 0 Å². The van der Waals surface area contributed by atoms with Gasteiger partial charge < -0.3 is 4.74 Å². The fourth-order valence-corrected chi connectivity index (χ4v) is 13.8. The first-order valence-electron chi connectivity index (χ1n) is 41.0. The summed E-state index contributed by atoms with van der Waals surface area (Å²) in [5.74, 6) is 0.600. The van der Waals surface area contributed by atoms with E-state index in [0.29, 0.717) is 6.61 Å². The van der Waals surface area contributed by atoms with Gasteiger partial charge >= 0.3 is 5.97 Å². The van der Waals surface area contributed by atoms with E-state index in [1.165, 1.54) is 488 Å². The molecular weight excluding hydrogens is 1030 g/mol. The Morgan fingerprint density at radius 2 is 0.318 bits per heavy atom. The van der Waals surface area contributed by atoms with E-state index in [4.69, 9.17) is 4.74 Å². The van der Waals surface area contributed by atoms with E-state index in [-0.39, 0.29) is 5.97 Å². The maximum Gasteiger partial charge on any atom is 0.330 e. The Kier molecular flexibility index (Phi) is 78.6. The van der Waals surface area contributed by atoms with Crippen LogP contribution >= 0.6 is 0 Å². The first kappa shape index (κ1) is 84.2. The maximum atomic E-state index is 11.0. The lowest BCUT2D eigenvalue weighted by Gasteiger charge is -2.05. The van der Waals surface area contributed by atoms with Gasteiger partial charge in [-0.05, 0) is 12.3 Å². The fourth-order valence-electron chi connectivity index (χ4n) is 13.8. The molecule has 0 amide bonds. The van der Waals surface area contributed by atoms with Gasteiger partial charge in [0, 0.05) is 6.08 Å². The van der Waals surface area contributed by atoms with Crippen LogP contribution in [0.2, 0.25) is 0 Å². The summed E-state index contributed by atoms with van der Waals surface area (Å²) in [7, 11) is 0. The average molecular weight is 1190 g/mol. The van der Waals surface area contributed by atoms with Gasteiger partial charge in [-0.15, -0.1) is 0 Å². The Balaban J connectivity index is 3.09. The molecule has 0 aliphatic heterocycles. The van der Waals surface area contributed by atoms with Gasteiger partial charge in [0.1, 0.15) is 0 Å². The van der Waals surface area contributed by atoms with Gasteiger partial charge in [0.2, 0.25) is 0 Å². The van der Waals surface area contributed by atoms with Crippen molar-refractivity contribution in [1.29, 1.82) is 0 Å². The lowest BCUT2D eigenvalue weighted by Crippen LogP contribution is -2.01. The van der Waals surface area contributed by atoms with Crippen LogP contribution in [0.5, 0.6) is 0 Å². The van der Waals surface area contributed by atoms with Gasteiger partial charge in [-0.1, -0.05) is 502 Å². The summed E-state index contributed by atoms with van der Waals surface area (Å²) >= 11 is 0. The lowest BCUT2D eigenvalue weighted by molar-refractivity contribution is -0.137. The monoisotopic (exact) mass is 1190 g/mol. The van der Waals surface area contributed by atoms with E-state index in [1.807, 2.05) is 0 Å². The van der Waals surface area contributed by atoms with Gasteiger partial charge in [-0.25, -0.2) is 4.79 Å². The van der Waals surface area contributed by atoms with E-state index in [1.54, 1.807) is 0 Å². The van der Waals surface area contributed by atoms with Crippen LogP contribution in [0.4, 0.5) is 0 Å². The minimum atomic E-state index is -0.293. The molecule has 0 N–H and O–H groups in total. The zero-order valence-corrected chi connectivity index (χ0v) is 59.6. The van der Waals surface area contributed by atoms with Crippen molar-refractivity contribution in [2.24, 2.45) is 5.92 Å². The molecule has 0 aromatic heterocycles. The summed E-state index contributed by atoms with van der Waals surface area (Å²) in [6.45, 7) is 8.69. The Morgan fingerprint density at radius 1 is 0.212 bits per heavy atom. The zero-order valence-electron chi connectivity index (χ0n) is 59.6. The van der Waals surface area contributed by atoms with Crippen LogP contribution in [0.3, 0.4) is 0 Å². The molecule has 0 aliphatic carbocycles.